The molecule has 0 aliphatic rings. The van der Waals surface area contributed by atoms with Crippen molar-refractivity contribution < 1.29 is 13.2 Å². The number of H-pyrrole nitrogens is 1. The van der Waals surface area contributed by atoms with E-state index in [9.17, 15) is 18.0 Å². The fraction of sp³-hybridized carbons (Fsp3) is 0.200. The molecule has 0 fully saturated rings. The lowest BCUT2D eigenvalue weighted by Gasteiger charge is -2.12. The number of hydrogen-bond donors (Lipinski definition) is 3. The minimum atomic E-state index is -4.41. The number of aryl methyl sites for hydroxylation is 1. The first-order chi connectivity index (χ1) is 13.2. The van der Waals surface area contributed by atoms with Gasteiger partial charge in [-0.3, -0.25) is 4.79 Å². The average molecular weight is 405 g/mol. The molecule has 0 atom stereocenters. The van der Waals surface area contributed by atoms with Crippen LogP contribution in [0.4, 0.5) is 18.9 Å². The highest BCUT2D eigenvalue weighted by molar-refractivity contribution is 7.80. The van der Waals surface area contributed by atoms with Gasteiger partial charge < -0.3 is 15.6 Å². The van der Waals surface area contributed by atoms with Crippen LogP contribution in [0.2, 0.25) is 0 Å². The third-order valence-electron chi connectivity index (χ3n) is 4.21. The Hall–Kier alpha value is -2.87. The van der Waals surface area contributed by atoms with Gasteiger partial charge in [-0.15, -0.1) is 0 Å². The third kappa shape index (κ3) is 4.89. The standard InChI is InChI=1S/C20H18F3N3OS/c1-12-5-6-13-10-14(18(27)26-17(13)9-12)7-8-24-19(28)25-16-4-2-3-15(11-16)20(21,22)23/h2-6,9-11H,7-8H2,1H3,(H,26,27)(H2,24,25,28). The maximum atomic E-state index is 12.8. The molecule has 0 spiro atoms. The summed E-state index contributed by atoms with van der Waals surface area (Å²) < 4.78 is 38.3. The van der Waals surface area contributed by atoms with E-state index in [4.69, 9.17) is 12.2 Å². The summed E-state index contributed by atoms with van der Waals surface area (Å²) in [4.78, 5) is 15.1. The molecule has 8 heteroatoms. The Bertz CT molecular complexity index is 1080. The molecular formula is C20H18F3N3OS. The minimum absolute atomic E-state index is 0.170. The lowest BCUT2D eigenvalue weighted by molar-refractivity contribution is -0.137. The number of rotatable bonds is 4. The number of anilines is 1. The average Bonchev–Trinajstić information content (AvgIpc) is 2.62. The van der Waals surface area contributed by atoms with Crippen LogP contribution < -0.4 is 16.2 Å². The van der Waals surface area contributed by atoms with Gasteiger partial charge in [0.1, 0.15) is 0 Å². The van der Waals surface area contributed by atoms with Gasteiger partial charge in [-0.05, 0) is 66.8 Å². The van der Waals surface area contributed by atoms with Gasteiger partial charge in [0.05, 0.1) is 5.56 Å². The van der Waals surface area contributed by atoms with Crippen LogP contribution in [-0.2, 0) is 12.6 Å². The topological polar surface area (TPSA) is 56.9 Å². The first-order valence-electron chi connectivity index (χ1n) is 8.57. The van der Waals surface area contributed by atoms with Gasteiger partial charge in [-0.2, -0.15) is 13.2 Å². The van der Waals surface area contributed by atoms with Crippen molar-refractivity contribution in [3.05, 3.63) is 75.6 Å². The third-order valence-corrected chi connectivity index (χ3v) is 4.45. The number of nitrogens with one attached hydrogen (secondary N) is 3. The van der Waals surface area contributed by atoms with Crippen LogP contribution in [0.1, 0.15) is 16.7 Å². The zero-order valence-electron chi connectivity index (χ0n) is 15.0. The lowest BCUT2D eigenvalue weighted by atomic mass is 10.1. The summed E-state index contributed by atoms with van der Waals surface area (Å²) in [5, 5.41) is 6.76. The van der Waals surface area contributed by atoms with E-state index in [-0.39, 0.29) is 16.4 Å². The number of fused-ring (bicyclic) bond motifs is 1. The fourth-order valence-corrected chi connectivity index (χ4v) is 3.02. The number of thiocarbonyl (C=S) groups is 1. The highest BCUT2D eigenvalue weighted by atomic mass is 32.1. The number of pyridine rings is 1. The van der Waals surface area contributed by atoms with E-state index in [2.05, 4.69) is 15.6 Å². The van der Waals surface area contributed by atoms with Crippen molar-refractivity contribution in [1.29, 1.82) is 0 Å². The highest BCUT2D eigenvalue weighted by Crippen LogP contribution is 2.30. The first kappa shape index (κ1) is 19.9. The maximum absolute atomic E-state index is 12.8. The molecule has 0 amide bonds. The van der Waals surface area contributed by atoms with Crippen LogP contribution in [0.15, 0.2) is 53.3 Å². The van der Waals surface area contributed by atoms with E-state index < -0.39 is 11.7 Å². The van der Waals surface area contributed by atoms with Crippen LogP contribution >= 0.6 is 12.2 Å². The number of alkyl halides is 3. The second-order valence-corrected chi connectivity index (χ2v) is 6.83. The van der Waals surface area contributed by atoms with E-state index >= 15 is 0 Å². The zero-order valence-corrected chi connectivity index (χ0v) is 15.8. The summed E-state index contributed by atoms with van der Waals surface area (Å²) >= 11 is 5.12. The highest BCUT2D eigenvalue weighted by Gasteiger charge is 2.30. The number of hydrogen-bond acceptors (Lipinski definition) is 2. The molecule has 3 aromatic rings. The maximum Gasteiger partial charge on any atom is 0.416 e. The molecule has 0 radical (unpaired) electrons. The fourth-order valence-electron chi connectivity index (χ4n) is 2.81. The van der Waals surface area contributed by atoms with E-state index in [1.807, 2.05) is 31.2 Å². The molecule has 0 unspecified atom stereocenters. The van der Waals surface area contributed by atoms with Crippen LogP contribution in [0.5, 0.6) is 0 Å². The molecule has 3 N–H and O–H groups in total. The van der Waals surface area contributed by atoms with Crippen molar-refractivity contribution >= 4 is 33.9 Å². The van der Waals surface area contributed by atoms with Crippen LogP contribution in [0.3, 0.4) is 0 Å². The Labute approximate surface area is 164 Å². The number of aromatic amines is 1. The van der Waals surface area contributed by atoms with Crippen molar-refractivity contribution in [2.45, 2.75) is 19.5 Å². The molecule has 0 saturated heterocycles. The smallest absolute Gasteiger partial charge is 0.362 e. The molecule has 1 heterocycles. The van der Waals surface area contributed by atoms with Crippen molar-refractivity contribution in [2.75, 3.05) is 11.9 Å². The molecule has 2 aromatic carbocycles. The van der Waals surface area contributed by atoms with Gasteiger partial charge in [-0.1, -0.05) is 18.2 Å². The quantitative estimate of drug-likeness (QED) is 0.564. The van der Waals surface area contributed by atoms with E-state index in [0.29, 0.717) is 18.5 Å². The van der Waals surface area contributed by atoms with Gasteiger partial charge in [0, 0.05) is 23.3 Å². The van der Waals surface area contributed by atoms with Crippen molar-refractivity contribution in [3.63, 3.8) is 0 Å². The molecule has 1 aromatic heterocycles. The monoisotopic (exact) mass is 405 g/mol. The van der Waals surface area contributed by atoms with E-state index in [1.165, 1.54) is 12.1 Å². The normalized spacial score (nSPS) is 11.4. The molecule has 146 valence electrons. The van der Waals surface area contributed by atoms with Gasteiger partial charge in [0.15, 0.2) is 5.11 Å². The zero-order chi connectivity index (χ0) is 20.3. The van der Waals surface area contributed by atoms with Crippen LogP contribution in [-0.4, -0.2) is 16.6 Å². The van der Waals surface area contributed by atoms with Gasteiger partial charge >= 0.3 is 6.18 Å². The SMILES string of the molecule is Cc1ccc2cc(CCNC(=S)Nc3cccc(C(F)(F)F)c3)c(=O)[nH]c2c1. The van der Waals surface area contributed by atoms with Gasteiger partial charge in [0.25, 0.3) is 5.56 Å². The largest absolute Gasteiger partial charge is 0.416 e. The lowest BCUT2D eigenvalue weighted by Crippen LogP contribution is -2.31. The number of benzene rings is 2. The molecule has 0 bridgehead atoms. The van der Waals surface area contributed by atoms with E-state index in [1.54, 1.807) is 0 Å². The summed E-state index contributed by atoms with van der Waals surface area (Å²) in [7, 11) is 0. The Morgan fingerprint density at radius 3 is 2.68 bits per heavy atom. The van der Waals surface area contributed by atoms with Crippen molar-refractivity contribution in [1.82, 2.24) is 10.3 Å². The van der Waals surface area contributed by atoms with Gasteiger partial charge in [-0.25, -0.2) is 0 Å². The summed E-state index contributed by atoms with van der Waals surface area (Å²) in [6.45, 7) is 2.32. The number of aromatic nitrogens is 1. The van der Waals surface area contributed by atoms with Crippen molar-refractivity contribution in [2.24, 2.45) is 0 Å². The summed E-state index contributed by atoms with van der Waals surface area (Å²) in [6.07, 6.45) is -3.99. The first-order valence-corrected chi connectivity index (χ1v) is 8.98. The molecule has 0 aliphatic carbocycles. The molecular weight excluding hydrogens is 387 g/mol. The second-order valence-electron chi connectivity index (χ2n) is 6.42. The summed E-state index contributed by atoms with van der Waals surface area (Å²) in [6, 6.07) is 12.4. The molecule has 3 rings (SSSR count). The second kappa shape index (κ2) is 8.02. The summed E-state index contributed by atoms with van der Waals surface area (Å²) in [5.41, 5.74) is 1.76. The predicted molar refractivity (Wildman–Crippen MR) is 109 cm³/mol. The minimum Gasteiger partial charge on any atom is -0.362 e. The number of halogens is 3. The predicted octanol–water partition coefficient (Wildman–Crippen LogP) is 4.38. The summed E-state index contributed by atoms with van der Waals surface area (Å²) in [5.74, 6) is 0. The molecule has 0 saturated carbocycles. The Morgan fingerprint density at radius 1 is 1.14 bits per heavy atom. The molecule has 4 nitrogen and oxygen atoms in total. The Kier molecular flexibility index (Phi) is 5.69. The van der Waals surface area contributed by atoms with Crippen molar-refractivity contribution in [3.8, 4) is 0 Å². The molecule has 0 aliphatic heterocycles. The van der Waals surface area contributed by atoms with Crippen LogP contribution in [0.25, 0.3) is 10.9 Å². The Morgan fingerprint density at radius 2 is 1.93 bits per heavy atom. The van der Waals surface area contributed by atoms with Crippen LogP contribution in [0, 0.1) is 6.92 Å². The Balaban J connectivity index is 1.60. The molecule has 28 heavy (non-hydrogen) atoms. The van der Waals surface area contributed by atoms with Gasteiger partial charge in [0.2, 0.25) is 0 Å². The van der Waals surface area contributed by atoms with E-state index in [0.717, 1.165) is 28.6 Å².